The normalized spacial score (nSPS) is 12.8. The Balaban J connectivity index is 4.46. The van der Waals surface area contributed by atoms with Crippen LogP contribution in [0.3, 0.4) is 0 Å². The standard InChI is InChI=1S/C24H22F12O13/c1-11(5-3-7-46-17(43)21(29,30)23(33,34)19(25,26)15(39)40)13(37)45-9-10-48-49-14(38)12(2)6-4-8-47-18(44)22(31,32)24(35,36)20(27,28)16(41)42/h1-10H2,(H,39,40)(H,41,42). The topological polar surface area (TPSA) is 189 Å². The summed E-state index contributed by atoms with van der Waals surface area (Å²) in [6, 6.07) is 0. The molecule has 0 bridgehead atoms. The number of esters is 3. The SMILES string of the molecule is C=C(CCCOC(=O)C(F)(F)C(F)(F)C(F)(F)C(=O)O)C(=O)OCCOOC(=O)C(=C)CCCOC(=O)C(F)(F)C(F)(F)C(F)(F)C(=O)O. The van der Waals surface area contributed by atoms with Crippen molar-refractivity contribution in [1.82, 2.24) is 0 Å². The van der Waals surface area contributed by atoms with Gasteiger partial charge in [-0.2, -0.15) is 57.6 Å². The minimum absolute atomic E-state index is 0.450. The van der Waals surface area contributed by atoms with E-state index in [2.05, 4.69) is 37.1 Å². The highest BCUT2D eigenvalue weighted by atomic mass is 19.4. The third kappa shape index (κ3) is 10.2. The van der Waals surface area contributed by atoms with Gasteiger partial charge in [0.1, 0.15) is 13.2 Å². The minimum Gasteiger partial charge on any atom is -0.477 e. The van der Waals surface area contributed by atoms with Gasteiger partial charge in [-0.3, -0.25) is 4.89 Å². The van der Waals surface area contributed by atoms with Crippen molar-refractivity contribution in [3.05, 3.63) is 24.3 Å². The molecule has 0 atom stereocenters. The average molecular weight is 746 g/mol. The third-order valence-corrected chi connectivity index (χ3v) is 5.45. The second kappa shape index (κ2) is 16.7. The molecule has 0 aliphatic carbocycles. The number of ether oxygens (including phenoxy) is 3. The fraction of sp³-hybridized carbons (Fsp3) is 0.583. The largest absolute Gasteiger partial charge is 0.477 e. The molecule has 0 aromatic carbocycles. The second-order valence-corrected chi connectivity index (χ2v) is 9.07. The maximum atomic E-state index is 13.5. The van der Waals surface area contributed by atoms with E-state index in [0.29, 0.717) is 0 Å². The molecule has 13 nitrogen and oxygen atoms in total. The Morgan fingerprint density at radius 3 is 1.18 bits per heavy atom. The highest BCUT2D eigenvalue weighted by Crippen LogP contribution is 2.47. The molecule has 0 unspecified atom stereocenters. The van der Waals surface area contributed by atoms with Gasteiger partial charge < -0.3 is 24.4 Å². The maximum Gasteiger partial charge on any atom is 0.411 e. The molecule has 0 heterocycles. The van der Waals surface area contributed by atoms with Crippen LogP contribution < -0.4 is 0 Å². The van der Waals surface area contributed by atoms with Crippen LogP contribution in [-0.2, 0) is 52.8 Å². The first-order valence-corrected chi connectivity index (χ1v) is 12.5. The van der Waals surface area contributed by atoms with Gasteiger partial charge in [-0.25, -0.2) is 28.8 Å². The quantitative estimate of drug-likeness (QED) is 0.0310. The lowest BCUT2D eigenvalue weighted by Crippen LogP contribution is -2.61. The lowest BCUT2D eigenvalue weighted by Gasteiger charge is -2.28. The number of carboxylic acid groups (broad SMARTS) is 2. The highest BCUT2D eigenvalue weighted by Gasteiger charge is 2.80. The van der Waals surface area contributed by atoms with Crippen molar-refractivity contribution < 1.29 is 116 Å². The summed E-state index contributed by atoms with van der Waals surface area (Å²) in [6.07, 6.45) is -2.26. The van der Waals surface area contributed by atoms with Gasteiger partial charge in [-0.05, 0) is 25.7 Å². The van der Waals surface area contributed by atoms with Crippen LogP contribution in [0.5, 0.6) is 0 Å². The number of halogens is 12. The van der Waals surface area contributed by atoms with Gasteiger partial charge in [0.15, 0.2) is 0 Å². The molecule has 0 radical (unpaired) electrons. The van der Waals surface area contributed by atoms with Crippen molar-refractivity contribution in [1.29, 1.82) is 0 Å². The minimum atomic E-state index is -6.68. The summed E-state index contributed by atoms with van der Waals surface area (Å²) in [5.41, 5.74) is -0.970. The van der Waals surface area contributed by atoms with E-state index in [4.69, 9.17) is 10.2 Å². The molecule has 0 aliphatic heterocycles. The number of aliphatic carboxylic acids is 2. The molecule has 49 heavy (non-hydrogen) atoms. The molecule has 0 spiro atoms. The molecule has 0 aromatic rings. The van der Waals surface area contributed by atoms with Crippen LogP contribution in [0.1, 0.15) is 25.7 Å². The number of carboxylic acids is 2. The van der Waals surface area contributed by atoms with Gasteiger partial charge in [0, 0.05) is 11.1 Å². The highest BCUT2D eigenvalue weighted by molar-refractivity contribution is 5.88. The van der Waals surface area contributed by atoms with Crippen molar-refractivity contribution in [2.45, 2.75) is 61.2 Å². The molecule has 0 saturated carbocycles. The van der Waals surface area contributed by atoms with E-state index in [-0.39, 0.29) is 0 Å². The van der Waals surface area contributed by atoms with Crippen LogP contribution in [0.25, 0.3) is 0 Å². The first kappa shape index (κ1) is 44.4. The van der Waals surface area contributed by atoms with E-state index in [1.54, 1.807) is 0 Å². The lowest BCUT2D eigenvalue weighted by atomic mass is 10.0. The number of carbonyl (C=O) groups is 6. The van der Waals surface area contributed by atoms with Gasteiger partial charge in [-0.1, -0.05) is 13.2 Å². The molecule has 0 saturated heterocycles. The molecule has 2 N–H and O–H groups in total. The van der Waals surface area contributed by atoms with E-state index in [1.807, 2.05) is 0 Å². The molecule has 0 amide bonds. The molecule has 25 heteroatoms. The zero-order valence-corrected chi connectivity index (χ0v) is 24.0. The van der Waals surface area contributed by atoms with Crippen molar-refractivity contribution in [3.8, 4) is 0 Å². The van der Waals surface area contributed by atoms with Crippen molar-refractivity contribution in [2.24, 2.45) is 0 Å². The van der Waals surface area contributed by atoms with Gasteiger partial charge in [0.05, 0.1) is 13.2 Å². The molecule has 0 fully saturated rings. The Morgan fingerprint density at radius 2 is 0.837 bits per heavy atom. The number of hydrogen-bond acceptors (Lipinski definition) is 11. The van der Waals surface area contributed by atoms with Crippen LogP contribution in [0, 0.1) is 0 Å². The molecule has 0 aliphatic rings. The zero-order chi connectivity index (χ0) is 38.8. The van der Waals surface area contributed by atoms with Crippen molar-refractivity contribution in [3.63, 3.8) is 0 Å². The van der Waals surface area contributed by atoms with Gasteiger partial charge in [0.25, 0.3) is 0 Å². The smallest absolute Gasteiger partial charge is 0.411 e. The average Bonchev–Trinajstić information content (AvgIpc) is 2.99. The Bertz CT molecular complexity index is 1200. The van der Waals surface area contributed by atoms with Gasteiger partial charge >= 0.3 is 71.4 Å². The third-order valence-electron chi connectivity index (χ3n) is 5.45. The Hall–Kier alpha value is -4.58. The lowest BCUT2D eigenvalue weighted by molar-refractivity contribution is -0.299. The fourth-order valence-corrected chi connectivity index (χ4v) is 2.63. The summed E-state index contributed by atoms with van der Waals surface area (Å²) in [6.45, 7) is 2.65. The zero-order valence-electron chi connectivity index (χ0n) is 24.0. The summed E-state index contributed by atoms with van der Waals surface area (Å²) in [4.78, 5) is 74.8. The summed E-state index contributed by atoms with van der Waals surface area (Å²) < 4.78 is 171. The van der Waals surface area contributed by atoms with E-state index in [1.165, 1.54) is 0 Å². The van der Waals surface area contributed by atoms with Crippen LogP contribution in [0.15, 0.2) is 24.3 Å². The maximum absolute atomic E-state index is 13.5. The monoisotopic (exact) mass is 746 g/mol. The second-order valence-electron chi connectivity index (χ2n) is 9.07. The molecular formula is C24H22F12O13. The molecule has 0 aromatic heterocycles. The van der Waals surface area contributed by atoms with Crippen molar-refractivity contribution >= 4 is 35.8 Å². The number of carbonyl (C=O) groups excluding carboxylic acids is 4. The van der Waals surface area contributed by atoms with Crippen LogP contribution >= 0.6 is 0 Å². The summed E-state index contributed by atoms with van der Waals surface area (Å²) in [7, 11) is 0. The van der Waals surface area contributed by atoms with Gasteiger partial charge in [-0.15, -0.1) is 0 Å². The van der Waals surface area contributed by atoms with E-state index < -0.39 is 135 Å². The summed E-state index contributed by atoms with van der Waals surface area (Å²) in [5.74, 6) is -54.9. The van der Waals surface area contributed by atoms with Crippen LogP contribution in [-0.4, -0.2) is 108 Å². The van der Waals surface area contributed by atoms with Crippen molar-refractivity contribution in [2.75, 3.05) is 26.4 Å². The van der Waals surface area contributed by atoms with Crippen LogP contribution in [0.2, 0.25) is 0 Å². The number of rotatable bonds is 22. The molecule has 280 valence electrons. The van der Waals surface area contributed by atoms with Gasteiger partial charge in [0.2, 0.25) is 0 Å². The van der Waals surface area contributed by atoms with E-state index in [9.17, 15) is 81.5 Å². The Kier molecular flexibility index (Phi) is 15.1. The fourth-order valence-electron chi connectivity index (χ4n) is 2.63. The Morgan fingerprint density at radius 1 is 0.490 bits per heavy atom. The number of alkyl halides is 12. The first-order valence-electron chi connectivity index (χ1n) is 12.5. The van der Waals surface area contributed by atoms with E-state index >= 15 is 0 Å². The van der Waals surface area contributed by atoms with E-state index in [0.717, 1.165) is 0 Å². The number of hydrogen-bond donors (Lipinski definition) is 2. The van der Waals surface area contributed by atoms with Crippen LogP contribution in [0.4, 0.5) is 52.7 Å². The molecular weight excluding hydrogens is 724 g/mol. The summed E-state index contributed by atoms with van der Waals surface area (Å²) >= 11 is 0. The predicted octanol–water partition coefficient (Wildman–Crippen LogP) is 3.74. The Labute approximate surface area is 264 Å². The first-order chi connectivity index (χ1) is 22.0. The predicted molar refractivity (Wildman–Crippen MR) is 127 cm³/mol. The molecule has 0 rings (SSSR count). The summed E-state index contributed by atoms with van der Waals surface area (Å²) in [5, 5.41) is 16.0.